The van der Waals surface area contributed by atoms with E-state index in [1.165, 1.54) is 0 Å². The van der Waals surface area contributed by atoms with Crippen molar-refractivity contribution in [3.8, 4) is 23.1 Å². The SMILES string of the molecule is CCOc1ccc2nc(CNC(=O)CCC(C)Cc3ccc(OC)c(OC)c3Cl)c(Cc3cc(Br)ccc3OC)n2n1. The minimum Gasteiger partial charge on any atom is -0.496 e. The number of hydrogen-bond acceptors (Lipinski definition) is 7. The minimum atomic E-state index is -0.0498. The number of carbonyl (C=O) groups excluding carboxylic acids is 1. The summed E-state index contributed by atoms with van der Waals surface area (Å²) in [6.07, 6.45) is 2.29. The lowest BCUT2D eigenvalue weighted by atomic mass is 9.96. The molecule has 224 valence electrons. The molecule has 0 saturated carbocycles. The van der Waals surface area contributed by atoms with Gasteiger partial charge in [0.25, 0.3) is 0 Å². The van der Waals surface area contributed by atoms with Gasteiger partial charge < -0.3 is 24.3 Å². The largest absolute Gasteiger partial charge is 0.496 e. The molecule has 2 heterocycles. The summed E-state index contributed by atoms with van der Waals surface area (Å²) in [6, 6.07) is 13.3. The summed E-state index contributed by atoms with van der Waals surface area (Å²) in [5, 5.41) is 8.25. The van der Waals surface area contributed by atoms with Crippen molar-refractivity contribution < 1.29 is 23.7 Å². The molecule has 2 aromatic heterocycles. The number of benzene rings is 2. The summed E-state index contributed by atoms with van der Waals surface area (Å²) >= 11 is 10.1. The third kappa shape index (κ3) is 7.46. The monoisotopic (exact) mass is 658 g/mol. The van der Waals surface area contributed by atoms with Crippen molar-refractivity contribution >= 4 is 39.1 Å². The molecule has 1 amide bonds. The second kappa shape index (κ2) is 14.6. The number of amides is 1. The van der Waals surface area contributed by atoms with Crippen LogP contribution in [-0.4, -0.2) is 48.4 Å². The summed E-state index contributed by atoms with van der Waals surface area (Å²) in [4.78, 5) is 17.7. The molecule has 1 N–H and O–H groups in total. The Hall–Kier alpha value is -3.50. The first-order chi connectivity index (χ1) is 20.3. The van der Waals surface area contributed by atoms with E-state index in [4.69, 9.17) is 35.5 Å². The fraction of sp³-hybridized carbons (Fsp3) is 0.387. The molecule has 42 heavy (non-hydrogen) atoms. The fourth-order valence-electron chi connectivity index (χ4n) is 4.83. The molecule has 2 aromatic carbocycles. The minimum absolute atomic E-state index is 0.0498. The van der Waals surface area contributed by atoms with Crippen LogP contribution in [0, 0.1) is 5.92 Å². The Labute approximate surface area is 259 Å². The Balaban J connectivity index is 1.46. The molecule has 9 nitrogen and oxygen atoms in total. The quantitative estimate of drug-likeness (QED) is 0.167. The molecule has 4 aromatic rings. The van der Waals surface area contributed by atoms with Crippen LogP contribution in [0.2, 0.25) is 5.02 Å². The molecule has 4 rings (SSSR count). The first-order valence-electron chi connectivity index (χ1n) is 13.8. The average molecular weight is 660 g/mol. The van der Waals surface area contributed by atoms with Crippen LogP contribution in [0.3, 0.4) is 0 Å². The van der Waals surface area contributed by atoms with Gasteiger partial charge in [-0.1, -0.05) is 40.5 Å². The summed E-state index contributed by atoms with van der Waals surface area (Å²) in [5.41, 5.74) is 4.18. The van der Waals surface area contributed by atoms with Crippen molar-refractivity contribution in [2.45, 2.75) is 46.1 Å². The zero-order valence-corrected chi connectivity index (χ0v) is 26.8. The Morgan fingerprint density at radius 2 is 1.81 bits per heavy atom. The van der Waals surface area contributed by atoms with Gasteiger partial charge in [0.1, 0.15) is 5.75 Å². The molecule has 1 unspecified atom stereocenters. The number of imidazole rings is 1. The van der Waals surface area contributed by atoms with E-state index in [1.807, 2.05) is 43.3 Å². The van der Waals surface area contributed by atoms with Crippen LogP contribution in [0.25, 0.3) is 5.65 Å². The van der Waals surface area contributed by atoms with Gasteiger partial charge in [0, 0.05) is 28.9 Å². The summed E-state index contributed by atoms with van der Waals surface area (Å²) < 4.78 is 24.7. The molecule has 0 saturated heterocycles. The molecule has 0 radical (unpaired) electrons. The number of carbonyl (C=O) groups is 1. The number of hydrogen-bond donors (Lipinski definition) is 1. The van der Waals surface area contributed by atoms with E-state index in [1.54, 1.807) is 31.9 Å². The van der Waals surface area contributed by atoms with Crippen molar-refractivity contribution in [2.75, 3.05) is 27.9 Å². The third-order valence-electron chi connectivity index (χ3n) is 6.97. The number of fused-ring (bicyclic) bond motifs is 1. The maximum Gasteiger partial charge on any atom is 0.231 e. The van der Waals surface area contributed by atoms with Gasteiger partial charge in [0.15, 0.2) is 17.1 Å². The van der Waals surface area contributed by atoms with Gasteiger partial charge in [-0.05, 0) is 61.6 Å². The van der Waals surface area contributed by atoms with Crippen molar-refractivity contribution in [3.63, 3.8) is 0 Å². The molecule has 11 heteroatoms. The van der Waals surface area contributed by atoms with Crippen molar-refractivity contribution in [2.24, 2.45) is 5.92 Å². The Morgan fingerprint density at radius 3 is 2.52 bits per heavy atom. The average Bonchev–Trinajstić information content (AvgIpc) is 3.32. The highest BCUT2D eigenvalue weighted by molar-refractivity contribution is 9.10. The summed E-state index contributed by atoms with van der Waals surface area (Å²) in [5.74, 6) is 2.55. The molecule has 0 aliphatic heterocycles. The third-order valence-corrected chi connectivity index (χ3v) is 7.88. The van der Waals surface area contributed by atoms with E-state index in [0.29, 0.717) is 60.3 Å². The number of aromatic nitrogens is 3. The first-order valence-corrected chi connectivity index (χ1v) is 14.9. The maximum atomic E-state index is 12.9. The highest BCUT2D eigenvalue weighted by Crippen LogP contribution is 2.38. The Kier molecular flexibility index (Phi) is 10.9. The standard InChI is InChI=1S/C31H36BrClN4O5/c1-6-42-29-14-12-27-35-23(24(37(27)36-29)17-21-16-22(32)9-11-25(21)39-3)18-34-28(38)13-7-19(2)15-20-8-10-26(40-4)31(41-5)30(20)33/h8-12,14,16,19H,6-7,13,15,17-18H2,1-5H3,(H,34,38). The smallest absolute Gasteiger partial charge is 0.231 e. The molecule has 0 aliphatic carbocycles. The lowest BCUT2D eigenvalue weighted by molar-refractivity contribution is -0.121. The van der Waals surface area contributed by atoms with Crippen molar-refractivity contribution in [1.29, 1.82) is 0 Å². The van der Waals surface area contributed by atoms with Crippen LogP contribution in [-0.2, 0) is 24.2 Å². The number of methoxy groups -OCH3 is 3. The van der Waals surface area contributed by atoms with Gasteiger partial charge in [-0.2, -0.15) is 0 Å². The molecule has 0 spiro atoms. The maximum absolute atomic E-state index is 12.9. The van der Waals surface area contributed by atoms with Crippen LogP contribution in [0.5, 0.6) is 23.1 Å². The highest BCUT2D eigenvalue weighted by Gasteiger charge is 2.19. The van der Waals surface area contributed by atoms with Crippen molar-refractivity contribution in [1.82, 2.24) is 19.9 Å². The summed E-state index contributed by atoms with van der Waals surface area (Å²) in [7, 11) is 4.80. The molecular weight excluding hydrogens is 624 g/mol. The Bertz CT molecular complexity index is 1540. The van der Waals surface area contributed by atoms with Gasteiger partial charge >= 0.3 is 0 Å². The zero-order chi connectivity index (χ0) is 30.2. The van der Waals surface area contributed by atoms with Gasteiger partial charge in [0.2, 0.25) is 11.8 Å². The highest BCUT2D eigenvalue weighted by atomic mass is 79.9. The number of nitrogens with one attached hydrogen (secondary N) is 1. The van der Waals surface area contributed by atoms with Crippen LogP contribution >= 0.6 is 27.5 Å². The van der Waals surface area contributed by atoms with Gasteiger partial charge in [-0.3, -0.25) is 4.79 Å². The lowest BCUT2D eigenvalue weighted by Gasteiger charge is -2.16. The number of nitrogens with zero attached hydrogens (tertiary/aromatic N) is 3. The second-order valence-corrected chi connectivity index (χ2v) is 11.2. The van der Waals surface area contributed by atoms with E-state index >= 15 is 0 Å². The van der Waals surface area contributed by atoms with E-state index in [9.17, 15) is 4.79 Å². The van der Waals surface area contributed by atoms with E-state index in [-0.39, 0.29) is 18.4 Å². The van der Waals surface area contributed by atoms with Gasteiger partial charge in [-0.15, -0.1) is 5.10 Å². The van der Waals surface area contributed by atoms with Gasteiger partial charge in [0.05, 0.1) is 50.9 Å². The zero-order valence-electron chi connectivity index (χ0n) is 24.5. The summed E-state index contributed by atoms with van der Waals surface area (Å²) in [6.45, 7) is 4.79. The predicted molar refractivity (Wildman–Crippen MR) is 166 cm³/mol. The van der Waals surface area contributed by atoms with E-state index in [2.05, 4.69) is 33.3 Å². The van der Waals surface area contributed by atoms with E-state index in [0.717, 1.165) is 32.7 Å². The second-order valence-electron chi connectivity index (χ2n) is 9.91. The normalized spacial score (nSPS) is 11.8. The number of rotatable bonds is 14. The Morgan fingerprint density at radius 1 is 1.05 bits per heavy atom. The fourth-order valence-corrected chi connectivity index (χ4v) is 5.55. The van der Waals surface area contributed by atoms with Crippen LogP contribution in [0.4, 0.5) is 0 Å². The van der Waals surface area contributed by atoms with Crippen LogP contribution < -0.4 is 24.3 Å². The molecule has 0 fully saturated rings. The molecule has 0 aliphatic rings. The first kappa shape index (κ1) is 31.4. The number of ether oxygens (including phenoxy) is 4. The van der Waals surface area contributed by atoms with Crippen LogP contribution in [0.15, 0.2) is 46.9 Å². The van der Waals surface area contributed by atoms with Crippen molar-refractivity contribution in [3.05, 3.63) is 74.5 Å². The predicted octanol–water partition coefficient (Wildman–Crippen LogP) is 6.44. The lowest BCUT2D eigenvalue weighted by Crippen LogP contribution is -2.24. The topological polar surface area (TPSA) is 96.2 Å². The number of halogens is 2. The molecular formula is C31H36BrClN4O5. The molecule has 1 atom stereocenters. The van der Waals surface area contributed by atoms with Gasteiger partial charge in [-0.25, -0.2) is 9.50 Å². The van der Waals surface area contributed by atoms with E-state index < -0.39 is 0 Å². The molecule has 0 bridgehead atoms. The van der Waals surface area contributed by atoms with Crippen LogP contribution in [0.1, 0.15) is 49.2 Å².